The van der Waals surface area contributed by atoms with Crippen LogP contribution in [-0.4, -0.2) is 36.4 Å². The molecule has 3 aromatic carbocycles. The van der Waals surface area contributed by atoms with Gasteiger partial charge in [-0.3, -0.25) is 9.79 Å². The summed E-state index contributed by atoms with van der Waals surface area (Å²) in [5.41, 5.74) is 15.5. The molecule has 1 amide bonds. The number of aliphatic imine (C=N–C) groups is 1. The van der Waals surface area contributed by atoms with Crippen molar-refractivity contribution in [2.24, 2.45) is 28.3 Å². The topological polar surface area (TPSA) is 84.7 Å². The zero-order chi connectivity index (χ0) is 24.5. The Kier molecular flexibility index (Phi) is 8.55. The van der Waals surface area contributed by atoms with Gasteiger partial charge in [0.05, 0.1) is 0 Å². The maximum atomic E-state index is 13.5. The summed E-state index contributed by atoms with van der Waals surface area (Å²) in [7, 11) is 0. The molecule has 0 atom stereocenters. The standard InChI is InChI=1S/C30H36N4O/c31-30(32)33-21-23-15-17-24(18-16-23)22-34(29(35)27-12-5-2-6-13-27)20-19-26-11-7-8-14-28(26)25-9-3-1-4-10-25/h1-14,23-24H,15-22H2,(H4,31,32,33). The molecule has 182 valence electrons. The zero-order valence-electron chi connectivity index (χ0n) is 20.4. The van der Waals surface area contributed by atoms with Crippen LogP contribution in [0.25, 0.3) is 11.1 Å². The smallest absolute Gasteiger partial charge is 0.253 e. The van der Waals surface area contributed by atoms with Gasteiger partial charge in [0.1, 0.15) is 0 Å². The molecule has 1 aliphatic rings. The number of carbonyl (C=O) groups excluding carboxylic acids is 1. The molecule has 0 unspecified atom stereocenters. The van der Waals surface area contributed by atoms with Crippen LogP contribution >= 0.6 is 0 Å². The van der Waals surface area contributed by atoms with E-state index < -0.39 is 0 Å². The van der Waals surface area contributed by atoms with E-state index in [2.05, 4.69) is 58.4 Å². The minimum absolute atomic E-state index is 0.116. The molecule has 5 nitrogen and oxygen atoms in total. The molecule has 0 heterocycles. The van der Waals surface area contributed by atoms with Crippen LogP contribution in [0.3, 0.4) is 0 Å². The van der Waals surface area contributed by atoms with Gasteiger partial charge in [0.2, 0.25) is 0 Å². The number of nitrogens with two attached hydrogens (primary N) is 2. The van der Waals surface area contributed by atoms with E-state index in [-0.39, 0.29) is 11.9 Å². The van der Waals surface area contributed by atoms with E-state index in [4.69, 9.17) is 11.5 Å². The highest BCUT2D eigenvalue weighted by atomic mass is 16.2. The Labute approximate surface area is 208 Å². The molecular weight excluding hydrogens is 432 g/mol. The van der Waals surface area contributed by atoms with Gasteiger partial charge in [0.15, 0.2) is 5.96 Å². The van der Waals surface area contributed by atoms with E-state index in [9.17, 15) is 4.79 Å². The molecule has 4 rings (SSSR count). The number of nitrogens with zero attached hydrogens (tertiary/aromatic N) is 2. The summed E-state index contributed by atoms with van der Waals surface area (Å²) in [5, 5.41) is 0. The number of carbonyl (C=O) groups is 1. The monoisotopic (exact) mass is 468 g/mol. The van der Waals surface area contributed by atoms with Crippen LogP contribution in [-0.2, 0) is 6.42 Å². The average molecular weight is 469 g/mol. The number of rotatable bonds is 9. The minimum atomic E-state index is 0.116. The van der Waals surface area contributed by atoms with E-state index in [1.165, 1.54) is 16.7 Å². The number of amides is 1. The van der Waals surface area contributed by atoms with Crippen molar-refractivity contribution in [3.8, 4) is 11.1 Å². The molecule has 35 heavy (non-hydrogen) atoms. The second kappa shape index (κ2) is 12.2. The second-order valence-corrected chi connectivity index (χ2v) is 9.54. The van der Waals surface area contributed by atoms with Crippen LogP contribution in [0, 0.1) is 11.8 Å². The summed E-state index contributed by atoms with van der Waals surface area (Å²) in [6.07, 6.45) is 5.23. The SMILES string of the molecule is NC(N)=NCC1CCC(CN(CCc2ccccc2-c2ccccc2)C(=O)c2ccccc2)CC1. The highest BCUT2D eigenvalue weighted by Gasteiger charge is 2.25. The van der Waals surface area contributed by atoms with Gasteiger partial charge in [-0.05, 0) is 72.8 Å². The maximum absolute atomic E-state index is 13.5. The van der Waals surface area contributed by atoms with Crippen molar-refractivity contribution in [3.05, 3.63) is 96.1 Å². The van der Waals surface area contributed by atoms with Crippen molar-refractivity contribution in [1.29, 1.82) is 0 Å². The number of hydrogen-bond donors (Lipinski definition) is 2. The Morgan fingerprint density at radius 1 is 0.800 bits per heavy atom. The Balaban J connectivity index is 1.46. The van der Waals surface area contributed by atoms with Gasteiger partial charge in [-0.25, -0.2) is 0 Å². The summed E-state index contributed by atoms with van der Waals surface area (Å²) in [5.74, 6) is 1.32. The third kappa shape index (κ3) is 6.95. The van der Waals surface area contributed by atoms with Crippen LogP contribution in [0.4, 0.5) is 0 Å². The first kappa shape index (κ1) is 24.5. The summed E-state index contributed by atoms with van der Waals surface area (Å²) in [6, 6.07) is 28.7. The average Bonchev–Trinajstić information content (AvgIpc) is 2.91. The van der Waals surface area contributed by atoms with E-state index in [0.717, 1.165) is 44.2 Å². The Hall–Kier alpha value is -3.60. The van der Waals surface area contributed by atoms with Gasteiger partial charge >= 0.3 is 0 Å². The highest BCUT2D eigenvalue weighted by Crippen LogP contribution is 2.30. The van der Waals surface area contributed by atoms with Gasteiger partial charge in [-0.15, -0.1) is 0 Å². The van der Waals surface area contributed by atoms with Crippen LogP contribution < -0.4 is 11.5 Å². The largest absolute Gasteiger partial charge is 0.370 e. The van der Waals surface area contributed by atoms with Crippen molar-refractivity contribution in [1.82, 2.24) is 4.90 Å². The summed E-state index contributed by atoms with van der Waals surface area (Å²) in [6.45, 7) is 2.19. The summed E-state index contributed by atoms with van der Waals surface area (Å²) < 4.78 is 0. The van der Waals surface area contributed by atoms with Gasteiger partial charge < -0.3 is 16.4 Å². The molecule has 0 spiro atoms. The normalized spacial score (nSPS) is 17.5. The van der Waals surface area contributed by atoms with E-state index in [1.54, 1.807) is 0 Å². The summed E-state index contributed by atoms with van der Waals surface area (Å²) in [4.78, 5) is 19.8. The minimum Gasteiger partial charge on any atom is -0.370 e. The number of benzene rings is 3. The molecule has 4 N–H and O–H groups in total. The Morgan fingerprint density at radius 3 is 2.09 bits per heavy atom. The van der Waals surface area contributed by atoms with Gasteiger partial charge in [-0.2, -0.15) is 0 Å². The first-order chi connectivity index (χ1) is 17.1. The zero-order valence-corrected chi connectivity index (χ0v) is 20.4. The lowest BCUT2D eigenvalue weighted by Crippen LogP contribution is -2.38. The molecule has 0 radical (unpaired) electrons. The van der Waals surface area contributed by atoms with E-state index >= 15 is 0 Å². The molecule has 0 bridgehead atoms. The summed E-state index contributed by atoms with van der Waals surface area (Å²) >= 11 is 0. The first-order valence-corrected chi connectivity index (χ1v) is 12.6. The molecule has 0 aliphatic heterocycles. The van der Waals surface area contributed by atoms with Crippen molar-refractivity contribution in [2.75, 3.05) is 19.6 Å². The van der Waals surface area contributed by atoms with E-state index in [0.29, 0.717) is 24.9 Å². The molecule has 0 aromatic heterocycles. The van der Waals surface area contributed by atoms with Crippen molar-refractivity contribution in [2.45, 2.75) is 32.1 Å². The Bertz CT molecular complexity index is 1100. The van der Waals surface area contributed by atoms with Crippen LogP contribution in [0.1, 0.15) is 41.6 Å². The molecule has 0 saturated heterocycles. The molecule has 1 fully saturated rings. The third-order valence-electron chi connectivity index (χ3n) is 7.04. The van der Waals surface area contributed by atoms with Gasteiger partial charge in [0, 0.05) is 25.2 Å². The fourth-order valence-electron chi connectivity index (χ4n) is 5.07. The van der Waals surface area contributed by atoms with Crippen molar-refractivity contribution in [3.63, 3.8) is 0 Å². The fraction of sp³-hybridized carbons (Fsp3) is 0.333. The number of guanidine groups is 1. The Morgan fingerprint density at radius 2 is 1.40 bits per heavy atom. The molecular formula is C30H36N4O. The van der Waals surface area contributed by atoms with Crippen LogP contribution in [0.2, 0.25) is 0 Å². The molecule has 1 saturated carbocycles. The number of hydrogen-bond acceptors (Lipinski definition) is 2. The first-order valence-electron chi connectivity index (χ1n) is 12.6. The van der Waals surface area contributed by atoms with E-state index in [1.807, 2.05) is 36.4 Å². The van der Waals surface area contributed by atoms with Crippen molar-refractivity contribution < 1.29 is 4.79 Å². The molecule has 1 aliphatic carbocycles. The predicted octanol–water partition coefficient (Wildman–Crippen LogP) is 5.12. The van der Waals surface area contributed by atoms with Crippen LogP contribution in [0.15, 0.2) is 89.9 Å². The quantitative estimate of drug-likeness (QED) is 0.338. The molecule has 5 heteroatoms. The predicted molar refractivity (Wildman–Crippen MR) is 144 cm³/mol. The second-order valence-electron chi connectivity index (χ2n) is 9.54. The molecule has 3 aromatic rings. The van der Waals surface area contributed by atoms with Crippen LogP contribution in [0.5, 0.6) is 0 Å². The lowest BCUT2D eigenvalue weighted by molar-refractivity contribution is 0.0708. The lowest BCUT2D eigenvalue weighted by Gasteiger charge is -2.32. The fourth-order valence-corrected chi connectivity index (χ4v) is 5.07. The maximum Gasteiger partial charge on any atom is 0.253 e. The van der Waals surface area contributed by atoms with Gasteiger partial charge in [-0.1, -0.05) is 72.8 Å². The van der Waals surface area contributed by atoms with Crippen molar-refractivity contribution >= 4 is 11.9 Å². The van der Waals surface area contributed by atoms with Gasteiger partial charge in [0.25, 0.3) is 5.91 Å². The lowest BCUT2D eigenvalue weighted by atomic mass is 9.81. The highest BCUT2D eigenvalue weighted by molar-refractivity contribution is 5.94. The third-order valence-corrected chi connectivity index (χ3v) is 7.04.